The lowest BCUT2D eigenvalue weighted by molar-refractivity contribution is -0.141. The Morgan fingerprint density at radius 1 is 0.800 bits per heavy atom. The van der Waals surface area contributed by atoms with E-state index in [0.717, 1.165) is 35.5 Å². The van der Waals surface area contributed by atoms with Gasteiger partial charge in [-0.15, -0.1) is 0 Å². The van der Waals surface area contributed by atoms with Gasteiger partial charge in [-0.2, -0.15) is 0 Å². The highest BCUT2D eigenvalue weighted by Crippen LogP contribution is 2.24. The molecule has 8 nitrogen and oxygen atoms in total. The number of hydrogen-bond donors (Lipinski definition) is 3. The maximum Gasteiger partial charge on any atom is 0.326 e. The van der Waals surface area contributed by atoms with Gasteiger partial charge in [0, 0.05) is 25.4 Å². The zero-order valence-corrected chi connectivity index (χ0v) is 22.6. The van der Waals surface area contributed by atoms with Crippen LogP contribution in [-0.4, -0.2) is 56.7 Å². The Kier molecular flexibility index (Phi) is 13.7. The number of aliphatic carboxylic acids is 1. The fourth-order valence-corrected chi connectivity index (χ4v) is 5.20. The monoisotopic (exact) mass is 524 g/mol. The molecule has 0 saturated heterocycles. The molecule has 0 bridgehead atoms. The highest BCUT2D eigenvalue weighted by atomic mass is 32.2. The molecule has 0 radical (unpaired) electrons. The number of carboxylic acids is 1. The molecule has 0 saturated carbocycles. The van der Waals surface area contributed by atoms with Gasteiger partial charge in [-0.1, -0.05) is 68.6 Å². The zero-order valence-electron chi connectivity index (χ0n) is 21.0. The van der Waals surface area contributed by atoms with E-state index in [4.69, 9.17) is 5.11 Å². The predicted octanol–water partition coefficient (Wildman–Crippen LogP) is 3.38. The molecule has 0 aliphatic rings. The third-order valence-corrected chi connectivity index (χ3v) is 7.20. The molecule has 3 N–H and O–H groups in total. The van der Waals surface area contributed by atoms with Crippen LogP contribution in [0.3, 0.4) is 0 Å². The second-order valence-corrected chi connectivity index (χ2v) is 11.0. The molecule has 3 unspecified atom stereocenters. The summed E-state index contributed by atoms with van der Waals surface area (Å²) in [6.07, 6.45) is 1.33. The van der Waals surface area contributed by atoms with Gasteiger partial charge in [0.15, 0.2) is 5.12 Å². The minimum Gasteiger partial charge on any atom is -0.480 e. The number of nitrogens with one attached hydrogen (secondary N) is 2. The van der Waals surface area contributed by atoms with Gasteiger partial charge in [0.2, 0.25) is 16.9 Å². The van der Waals surface area contributed by atoms with Gasteiger partial charge < -0.3 is 15.7 Å². The van der Waals surface area contributed by atoms with Gasteiger partial charge in [0.05, 0.1) is 12.0 Å². The minimum atomic E-state index is -1.18. The standard InChI is InChI=1S/C25H36N2O6S2/c1-15(2)14-19-6-8-20(9-7-19)16(3)24(32)34-13-11-22(27-18(5)29)25(33)35-12-10-21(23(30)31)26-17(4)28/h6-9,15-16,21-22H,10-14H2,1-5H3,(H,26,28)(H,27,29)(H,30,31). The van der Waals surface area contributed by atoms with Gasteiger partial charge in [0.25, 0.3) is 0 Å². The van der Waals surface area contributed by atoms with Crippen molar-refractivity contribution in [3.63, 3.8) is 0 Å². The van der Waals surface area contributed by atoms with Crippen LogP contribution in [0.1, 0.15) is 64.5 Å². The van der Waals surface area contributed by atoms with Crippen LogP contribution >= 0.6 is 23.5 Å². The first kappa shape index (κ1) is 30.7. The van der Waals surface area contributed by atoms with Gasteiger partial charge in [-0.05, 0) is 36.3 Å². The number of amides is 2. The average molecular weight is 525 g/mol. The van der Waals surface area contributed by atoms with Crippen LogP contribution in [-0.2, 0) is 30.4 Å². The van der Waals surface area contributed by atoms with Gasteiger partial charge in [-0.25, -0.2) is 4.79 Å². The number of carbonyl (C=O) groups is 5. The number of benzene rings is 1. The number of thioether (sulfide) groups is 2. The predicted molar refractivity (Wildman–Crippen MR) is 140 cm³/mol. The first-order valence-electron chi connectivity index (χ1n) is 11.6. The summed E-state index contributed by atoms with van der Waals surface area (Å²) in [6.45, 7) is 8.71. The van der Waals surface area contributed by atoms with Gasteiger partial charge >= 0.3 is 5.97 Å². The Bertz CT molecular complexity index is 888. The molecule has 1 rings (SSSR count). The summed E-state index contributed by atoms with van der Waals surface area (Å²) in [6, 6.07) is 6.19. The molecule has 0 spiro atoms. The molecule has 0 aliphatic heterocycles. The number of rotatable bonds is 14. The van der Waals surface area contributed by atoms with Crippen LogP contribution < -0.4 is 10.6 Å². The van der Waals surface area contributed by atoms with Crippen molar-refractivity contribution in [2.24, 2.45) is 5.92 Å². The Labute approximate surface area is 215 Å². The van der Waals surface area contributed by atoms with E-state index in [1.807, 2.05) is 31.2 Å². The largest absolute Gasteiger partial charge is 0.480 e. The van der Waals surface area contributed by atoms with Crippen molar-refractivity contribution >= 4 is 51.5 Å². The number of carboxylic acid groups (broad SMARTS) is 1. The topological polar surface area (TPSA) is 130 Å². The lowest BCUT2D eigenvalue weighted by Crippen LogP contribution is -2.41. The van der Waals surface area contributed by atoms with E-state index in [9.17, 15) is 24.0 Å². The molecule has 3 atom stereocenters. The first-order valence-corrected chi connectivity index (χ1v) is 13.6. The molecular formula is C25H36N2O6S2. The van der Waals surface area contributed by atoms with E-state index in [-0.39, 0.29) is 40.7 Å². The van der Waals surface area contributed by atoms with Crippen LogP contribution in [0.2, 0.25) is 0 Å². The van der Waals surface area contributed by atoms with Crippen molar-refractivity contribution in [2.75, 3.05) is 11.5 Å². The lowest BCUT2D eigenvalue weighted by atomic mass is 9.97. The molecule has 0 fully saturated rings. The van der Waals surface area contributed by atoms with Gasteiger partial charge in [0.1, 0.15) is 6.04 Å². The second kappa shape index (κ2) is 15.6. The van der Waals surface area contributed by atoms with E-state index in [1.54, 1.807) is 0 Å². The average Bonchev–Trinajstić information content (AvgIpc) is 2.76. The molecule has 0 aromatic heterocycles. The van der Waals surface area contributed by atoms with Crippen molar-refractivity contribution in [3.05, 3.63) is 35.4 Å². The van der Waals surface area contributed by atoms with E-state index < -0.39 is 24.0 Å². The van der Waals surface area contributed by atoms with Crippen molar-refractivity contribution in [3.8, 4) is 0 Å². The summed E-state index contributed by atoms with van der Waals surface area (Å²) >= 11 is 2.03. The molecule has 194 valence electrons. The van der Waals surface area contributed by atoms with Crippen molar-refractivity contribution in [1.82, 2.24) is 10.6 Å². The third-order valence-electron chi connectivity index (χ3n) is 5.12. The van der Waals surface area contributed by atoms with E-state index in [2.05, 4.69) is 24.5 Å². The van der Waals surface area contributed by atoms with Crippen molar-refractivity contribution in [1.29, 1.82) is 0 Å². The van der Waals surface area contributed by atoms with Crippen molar-refractivity contribution < 1.29 is 29.1 Å². The summed E-state index contributed by atoms with van der Waals surface area (Å²) in [5.41, 5.74) is 2.17. The summed E-state index contributed by atoms with van der Waals surface area (Å²) in [5, 5.41) is 13.8. The van der Waals surface area contributed by atoms with E-state index >= 15 is 0 Å². The van der Waals surface area contributed by atoms with E-state index in [1.165, 1.54) is 19.4 Å². The molecule has 10 heteroatoms. The fraction of sp³-hybridized carbons (Fsp3) is 0.560. The molecule has 1 aromatic rings. The van der Waals surface area contributed by atoms with Crippen LogP contribution in [0.4, 0.5) is 0 Å². The Hall–Kier alpha value is -2.33. The summed E-state index contributed by atoms with van der Waals surface area (Å²) in [5.74, 6) is -1.21. The molecule has 35 heavy (non-hydrogen) atoms. The number of carbonyl (C=O) groups excluding carboxylic acids is 4. The lowest BCUT2D eigenvalue weighted by Gasteiger charge is -2.17. The highest BCUT2D eigenvalue weighted by molar-refractivity contribution is 8.14. The normalized spacial score (nSPS) is 13.5. The maximum absolute atomic E-state index is 12.7. The Morgan fingerprint density at radius 3 is 1.77 bits per heavy atom. The second-order valence-electron chi connectivity index (χ2n) is 8.82. The minimum absolute atomic E-state index is 0.0112. The fourth-order valence-electron chi connectivity index (χ4n) is 3.33. The number of hydrogen-bond acceptors (Lipinski definition) is 7. The Balaban J connectivity index is 2.59. The summed E-state index contributed by atoms with van der Waals surface area (Å²) in [4.78, 5) is 59.2. The Morgan fingerprint density at radius 2 is 1.29 bits per heavy atom. The molecule has 2 amide bonds. The quantitative estimate of drug-likeness (QED) is 0.338. The van der Waals surface area contributed by atoms with Crippen LogP contribution in [0.25, 0.3) is 0 Å². The zero-order chi connectivity index (χ0) is 26.5. The van der Waals surface area contributed by atoms with E-state index in [0.29, 0.717) is 11.7 Å². The van der Waals surface area contributed by atoms with Crippen molar-refractivity contribution in [2.45, 2.75) is 71.9 Å². The smallest absolute Gasteiger partial charge is 0.326 e. The molecule has 0 aliphatic carbocycles. The summed E-state index contributed by atoms with van der Waals surface area (Å²) < 4.78 is 0. The SMILES string of the molecule is CC(=O)NC(CCSC(=O)C(CCSC(=O)C(C)c1ccc(CC(C)C)cc1)NC(C)=O)C(=O)O. The molecular weight excluding hydrogens is 488 g/mol. The summed E-state index contributed by atoms with van der Waals surface area (Å²) in [7, 11) is 0. The molecule has 0 heterocycles. The van der Waals surface area contributed by atoms with Gasteiger partial charge in [-0.3, -0.25) is 19.2 Å². The first-order chi connectivity index (χ1) is 16.4. The molecule has 1 aromatic carbocycles. The van der Waals surface area contributed by atoms with Crippen LogP contribution in [0.5, 0.6) is 0 Å². The highest BCUT2D eigenvalue weighted by Gasteiger charge is 2.24. The maximum atomic E-state index is 12.7. The van der Waals surface area contributed by atoms with Crippen LogP contribution in [0.15, 0.2) is 24.3 Å². The van der Waals surface area contributed by atoms with Crippen LogP contribution in [0, 0.1) is 5.92 Å². The third kappa shape index (κ3) is 12.3.